The van der Waals surface area contributed by atoms with Crippen molar-refractivity contribution in [2.24, 2.45) is 0 Å². The topological polar surface area (TPSA) is 47.3 Å². The van der Waals surface area contributed by atoms with E-state index in [1.807, 2.05) is 0 Å². The fourth-order valence-electron chi connectivity index (χ4n) is 1.22. The molecule has 0 bridgehead atoms. The van der Waals surface area contributed by atoms with E-state index >= 15 is 0 Å². The summed E-state index contributed by atoms with van der Waals surface area (Å²) in [6, 6.07) is 2.33. The fraction of sp³-hybridized carbons (Fsp3) is 0.333. The van der Waals surface area contributed by atoms with Crippen LogP contribution in [-0.2, 0) is 6.54 Å². The van der Waals surface area contributed by atoms with Crippen LogP contribution in [0.2, 0.25) is 0 Å². The van der Waals surface area contributed by atoms with E-state index in [0.717, 1.165) is 6.07 Å². The van der Waals surface area contributed by atoms with Crippen molar-refractivity contribution in [3.8, 4) is 5.75 Å². The standard InChI is InChI=1S/C9H11F3N2O.2ClH/c1-14-4-5-2-6(13)3-7(10)8(5)15-9(11)12;;/h2-3,9,14H,4,13H2,1H3;2*1H. The summed E-state index contributed by atoms with van der Waals surface area (Å²) in [5.74, 6) is -1.35. The molecule has 0 heterocycles. The normalized spacial score (nSPS) is 9.47. The Hall–Kier alpha value is -0.850. The highest BCUT2D eigenvalue weighted by Gasteiger charge is 2.15. The minimum Gasteiger partial charge on any atom is -0.431 e. The molecular weight excluding hydrogens is 280 g/mol. The summed E-state index contributed by atoms with van der Waals surface area (Å²) in [5, 5.41) is 2.70. The first-order valence-corrected chi connectivity index (χ1v) is 4.22. The molecule has 0 aliphatic rings. The first-order valence-electron chi connectivity index (χ1n) is 4.22. The van der Waals surface area contributed by atoms with Crippen molar-refractivity contribution in [3.63, 3.8) is 0 Å². The van der Waals surface area contributed by atoms with Gasteiger partial charge in [0.15, 0.2) is 11.6 Å². The van der Waals surface area contributed by atoms with Crippen LogP contribution in [0.1, 0.15) is 5.56 Å². The zero-order chi connectivity index (χ0) is 11.4. The van der Waals surface area contributed by atoms with Crippen LogP contribution in [0.5, 0.6) is 5.75 Å². The lowest BCUT2D eigenvalue weighted by Gasteiger charge is -2.12. The van der Waals surface area contributed by atoms with E-state index in [2.05, 4.69) is 10.1 Å². The summed E-state index contributed by atoms with van der Waals surface area (Å²) < 4.78 is 41.3. The summed E-state index contributed by atoms with van der Waals surface area (Å²) in [4.78, 5) is 0. The number of nitrogens with two attached hydrogens (primary N) is 1. The summed E-state index contributed by atoms with van der Waals surface area (Å²) in [5.41, 5.74) is 5.80. The highest BCUT2D eigenvalue weighted by Crippen LogP contribution is 2.27. The Kier molecular flexibility index (Phi) is 9.01. The maximum atomic E-state index is 13.2. The maximum absolute atomic E-state index is 13.2. The molecular formula is C9H13Cl2F3N2O. The zero-order valence-electron chi connectivity index (χ0n) is 8.88. The van der Waals surface area contributed by atoms with Gasteiger partial charge in [-0.15, -0.1) is 24.8 Å². The first kappa shape index (κ1) is 18.5. The number of nitrogen functional groups attached to an aromatic ring is 1. The third kappa shape index (κ3) is 5.34. The van der Waals surface area contributed by atoms with E-state index in [0.29, 0.717) is 0 Å². The van der Waals surface area contributed by atoms with Gasteiger partial charge in [-0.05, 0) is 13.1 Å². The van der Waals surface area contributed by atoms with Crippen LogP contribution in [0.25, 0.3) is 0 Å². The second-order valence-corrected chi connectivity index (χ2v) is 2.90. The molecule has 0 radical (unpaired) electrons. The van der Waals surface area contributed by atoms with E-state index in [-0.39, 0.29) is 42.6 Å². The summed E-state index contributed by atoms with van der Waals surface area (Å²) in [6.07, 6.45) is 0. The largest absolute Gasteiger partial charge is 0.431 e. The fourth-order valence-corrected chi connectivity index (χ4v) is 1.22. The van der Waals surface area contributed by atoms with E-state index in [4.69, 9.17) is 5.73 Å². The van der Waals surface area contributed by atoms with Crippen LogP contribution in [0.4, 0.5) is 18.9 Å². The molecule has 1 aromatic rings. The van der Waals surface area contributed by atoms with Crippen molar-refractivity contribution in [2.45, 2.75) is 13.2 Å². The molecule has 0 unspecified atom stereocenters. The van der Waals surface area contributed by atoms with Gasteiger partial charge < -0.3 is 15.8 Å². The van der Waals surface area contributed by atoms with Crippen molar-refractivity contribution in [3.05, 3.63) is 23.5 Å². The molecule has 0 aliphatic carbocycles. The van der Waals surface area contributed by atoms with Gasteiger partial charge in [-0.25, -0.2) is 4.39 Å². The van der Waals surface area contributed by atoms with Gasteiger partial charge in [0.25, 0.3) is 0 Å². The third-order valence-corrected chi connectivity index (χ3v) is 1.72. The number of anilines is 1. The molecule has 0 spiro atoms. The first-order chi connectivity index (χ1) is 7.04. The van der Waals surface area contributed by atoms with Gasteiger partial charge in [0.1, 0.15) is 0 Å². The molecule has 3 N–H and O–H groups in total. The van der Waals surface area contributed by atoms with E-state index in [1.54, 1.807) is 7.05 Å². The van der Waals surface area contributed by atoms with Gasteiger partial charge in [0.05, 0.1) is 0 Å². The second kappa shape index (κ2) is 8.27. The van der Waals surface area contributed by atoms with Gasteiger partial charge in [0, 0.05) is 23.9 Å². The summed E-state index contributed by atoms with van der Waals surface area (Å²) in [7, 11) is 1.60. The number of alkyl halides is 2. The molecule has 0 amide bonds. The molecule has 3 nitrogen and oxygen atoms in total. The average Bonchev–Trinajstić information content (AvgIpc) is 2.11. The maximum Gasteiger partial charge on any atom is 0.387 e. The van der Waals surface area contributed by atoms with E-state index in [1.165, 1.54) is 6.07 Å². The zero-order valence-corrected chi connectivity index (χ0v) is 10.5. The van der Waals surface area contributed by atoms with Crippen LogP contribution in [0.3, 0.4) is 0 Å². The highest BCUT2D eigenvalue weighted by atomic mass is 35.5. The van der Waals surface area contributed by atoms with Crippen LogP contribution in [-0.4, -0.2) is 13.7 Å². The molecule has 100 valence electrons. The molecule has 1 aromatic carbocycles. The van der Waals surface area contributed by atoms with Gasteiger partial charge in [-0.3, -0.25) is 0 Å². The molecule has 17 heavy (non-hydrogen) atoms. The van der Waals surface area contributed by atoms with Crippen molar-refractivity contribution in [2.75, 3.05) is 12.8 Å². The van der Waals surface area contributed by atoms with Gasteiger partial charge >= 0.3 is 6.61 Å². The highest BCUT2D eigenvalue weighted by molar-refractivity contribution is 5.85. The molecule has 0 aliphatic heterocycles. The van der Waals surface area contributed by atoms with Gasteiger partial charge in [0.2, 0.25) is 0 Å². The van der Waals surface area contributed by atoms with Gasteiger partial charge in [-0.1, -0.05) is 0 Å². The summed E-state index contributed by atoms with van der Waals surface area (Å²) in [6.45, 7) is -2.86. The summed E-state index contributed by atoms with van der Waals surface area (Å²) >= 11 is 0. The smallest absolute Gasteiger partial charge is 0.387 e. The van der Waals surface area contributed by atoms with Crippen molar-refractivity contribution >= 4 is 30.5 Å². The van der Waals surface area contributed by atoms with Crippen LogP contribution >= 0.6 is 24.8 Å². The minimum atomic E-state index is -3.06. The Morgan fingerprint density at radius 2 is 1.94 bits per heavy atom. The Morgan fingerprint density at radius 3 is 2.41 bits per heavy atom. The Morgan fingerprint density at radius 1 is 1.35 bits per heavy atom. The number of halogens is 5. The van der Waals surface area contributed by atoms with Crippen LogP contribution < -0.4 is 15.8 Å². The monoisotopic (exact) mass is 292 g/mol. The lowest BCUT2D eigenvalue weighted by Crippen LogP contribution is -2.12. The van der Waals surface area contributed by atoms with Crippen molar-refractivity contribution in [1.82, 2.24) is 5.32 Å². The number of rotatable bonds is 4. The average molecular weight is 293 g/mol. The quantitative estimate of drug-likeness (QED) is 0.839. The van der Waals surface area contributed by atoms with Crippen molar-refractivity contribution < 1.29 is 17.9 Å². The molecule has 0 saturated heterocycles. The lowest BCUT2D eigenvalue weighted by molar-refractivity contribution is -0.0528. The lowest BCUT2D eigenvalue weighted by atomic mass is 10.1. The number of nitrogens with one attached hydrogen (secondary N) is 1. The van der Waals surface area contributed by atoms with Crippen LogP contribution in [0.15, 0.2) is 12.1 Å². The Labute approximate surface area is 109 Å². The molecule has 1 rings (SSSR count). The molecule has 0 saturated carbocycles. The van der Waals surface area contributed by atoms with E-state index < -0.39 is 18.2 Å². The second-order valence-electron chi connectivity index (χ2n) is 2.90. The predicted octanol–water partition coefficient (Wildman–Crippen LogP) is 2.57. The number of hydrogen-bond donors (Lipinski definition) is 2. The molecule has 0 aromatic heterocycles. The molecule has 8 heteroatoms. The number of ether oxygens (including phenoxy) is 1. The van der Waals surface area contributed by atoms with E-state index in [9.17, 15) is 13.2 Å². The molecule has 0 atom stereocenters. The minimum absolute atomic E-state index is 0. The number of hydrogen-bond acceptors (Lipinski definition) is 3. The molecule has 0 fully saturated rings. The van der Waals surface area contributed by atoms with Gasteiger partial charge in [-0.2, -0.15) is 8.78 Å². The Balaban J connectivity index is 0. The third-order valence-electron chi connectivity index (χ3n) is 1.72. The van der Waals surface area contributed by atoms with Crippen LogP contribution in [0, 0.1) is 5.82 Å². The SMILES string of the molecule is CNCc1cc(N)cc(F)c1OC(F)F.Cl.Cl. The Bertz CT molecular complexity index is 353. The number of benzene rings is 1. The predicted molar refractivity (Wildman–Crippen MR) is 64.7 cm³/mol. The van der Waals surface area contributed by atoms with Crippen molar-refractivity contribution in [1.29, 1.82) is 0 Å².